The number of carbonyl (C=O) groups excluding carboxylic acids is 1. The number of ether oxygens (including phenoxy) is 2. The van der Waals surface area contributed by atoms with E-state index in [0.29, 0.717) is 29.5 Å². The van der Waals surface area contributed by atoms with Gasteiger partial charge < -0.3 is 19.7 Å². The Morgan fingerprint density at radius 2 is 2.05 bits per heavy atom. The maximum Gasteiger partial charge on any atom is 0.322 e. The highest BCUT2D eigenvalue weighted by atomic mass is 35.5. The van der Waals surface area contributed by atoms with Crippen molar-refractivity contribution in [3.8, 4) is 5.75 Å². The summed E-state index contributed by atoms with van der Waals surface area (Å²) in [6, 6.07) is 4.99. The SMILES string of the molecule is COc1ccc(NC(=O)N2C[C@H](C)O[C@@H](C)C2)c(Cl)c1. The zero-order valence-electron chi connectivity index (χ0n) is 11.9. The molecule has 0 radical (unpaired) electrons. The van der Waals surface area contributed by atoms with E-state index in [0.717, 1.165) is 0 Å². The largest absolute Gasteiger partial charge is 0.497 e. The van der Waals surface area contributed by atoms with Crippen LogP contribution >= 0.6 is 11.6 Å². The van der Waals surface area contributed by atoms with Gasteiger partial charge in [-0.15, -0.1) is 0 Å². The van der Waals surface area contributed by atoms with E-state index in [1.807, 2.05) is 13.8 Å². The number of nitrogens with zero attached hydrogens (tertiary/aromatic N) is 1. The summed E-state index contributed by atoms with van der Waals surface area (Å²) in [4.78, 5) is 14.0. The number of nitrogens with one attached hydrogen (secondary N) is 1. The van der Waals surface area contributed by atoms with E-state index in [1.165, 1.54) is 0 Å². The van der Waals surface area contributed by atoms with Crippen LogP contribution in [0.2, 0.25) is 5.02 Å². The molecule has 2 rings (SSSR count). The fourth-order valence-corrected chi connectivity index (χ4v) is 2.48. The third kappa shape index (κ3) is 3.55. The van der Waals surface area contributed by atoms with E-state index in [4.69, 9.17) is 21.1 Å². The first-order valence-electron chi connectivity index (χ1n) is 6.54. The molecule has 1 N–H and O–H groups in total. The Bertz CT molecular complexity index is 485. The molecule has 0 bridgehead atoms. The minimum absolute atomic E-state index is 0.0378. The van der Waals surface area contributed by atoms with Crippen LogP contribution in [0.3, 0.4) is 0 Å². The molecule has 1 saturated heterocycles. The van der Waals surface area contributed by atoms with Gasteiger partial charge in [0.05, 0.1) is 30.0 Å². The van der Waals surface area contributed by atoms with Gasteiger partial charge in [0.1, 0.15) is 5.75 Å². The fourth-order valence-electron chi connectivity index (χ4n) is 2.26. The van der Waals surface area contributed by atoms with E-state index in [-0.39, 0.29) is 18.2 Å². The number of carbonyl (C=O) groups is 1. The topological polar surface area (TPSA) is 50.8 Å². The summed E-state index contributed by atoms with van der Waals surface area (Å²) in [6.07, 6.45) is 0.0756. The minimum atomic E-state index is -0.168. The van der Waals surface area contributed by atoms with Crippen LogP contribution in [0.25, 0.3) is 0 Å². The quantitative estimate of drug-likeness (QED) is 0.913. The lowest BCUT2D eigenvalue weighted by atomic mass is 10.2. The first-order valence-corrected chi connectivity index (χ1v) is 6.92. The number of benzene rings is 1. The molecule has 2 amide bonds. The van der Waals surface area contributed by atoms with Crippen LogP contribution in [-0.4, -0.2) is 43.3 Å². The van der Waals surface area contributed by atoms with E-state index in [1.54, 1.807) is 30.2 Å². The number of anilines is 1. The van der Waals surface area contributed by atoms with Crippen molar-refractivity contribution >= 4 is 23.3 Å². The Hall–Kier alpha value is -1.46. The van der Waals surface area contributed by atoms with Gasteiger partial charge in [-0.2, -0.15) is 0 Å². The Kier molecular flexibility index (Phi) is 4.73. The molecule has 1 aliphatic rings. The van der Waals surface area contributed by atoms with Crippen LogP contribution < -0.4 is 10.1 Å². The van der Waals surface area contributed by atoms with Crippen LogP contribution in [0.4, 0.5) is 10.5 Å². The number of hydrogen-bond acceptors (Lipinski definition) is 3. The van der Waals surface area contributed by atoms with Gasteiger partial charge in [-0.05, 0) is 26.0 Å². The molecule has 1 aromatic carbocycles. The van der Waals surface area contributed by atoms with Crippen molar-refractivity contribution < 1.29 is 14.3 Å². The van der Waals surface area contributed by atoms with Crippen molar-refractivity contribution in [3.63, 3.8) is 0 Å². The van der Waals surface area contributed by atoms with Crippen LogP contribution in [0.1, 0.15) is 13.8 Å². The van der Waals surface area contributed by atoms with E-state index in [2.05, 4.69) is 5.32 Å². The highest BCUT2D eigenvalue weighted by molar-refractivity contribution is 6.33. The molecule has 0 saturated carbocycles. The Morgan fingerprint density at radius 3 is 2.60 bits per heavy atom. The summed E-state index contributed by atoms with van der Waals surface area (Å²) < 4.78 is 10.7. The van der Waals surface area contributed by atoms with Crippen molar-refractivity contribution in [1.82, 2.24) is 4.90 Å². The number of halogens is 1. The normalized spacial score (nSPS) is 22.5. The second kappa shape index (κ2) is 6.33. The molecule has 0 unspecified atom stereocenters. The molecular formula is C14H19ClN2O3. The highest BCUT2D eigenvalue weighted by Crippen LogP contribution is 2.27. The van der Waals surface area contributed by atoms with Crippen LogP contribution in [0.15, 0.2) is 18.2 Å². The number of urea groups is 1. The third-order valence-electron chi connectivity index (χ3n) is 3.12. The van der Waals surface area contributed by atoms with Crippen LogP contribution in [0, 0.1) is 0 Å². The van der Waals surface area contributed by atoms with Gasteiger partial charge in [0.2, 0.25) is 0 Å². The van der Waals surface area contributed by atoms with Crippen molar-refractivity contribution in [3.05, 3.63) is 23.2 Å². The van der Waals surface area contributed by atoms with Gasteiger partial charge in [0.15, 0.2) is 0 Å². The van der Waals surface area contributed by atoms with Gasteiger partial charge in [-0.1, -0.05) is 11.6 Å². The van der Waals surface area contributed by atoms with Gasteiger partial charge >= 0.3 is 6.03 Å². The highest BCUT2D eigenvalue weighted by Gasteiger charge is 2.26. The van der Waals surface area contributed by atoms with Crippen molar-refractivity contribution in [2.24, 2.45) is 0 Å². The summed E-state index contributed by atoms with van der Waals surface area (Å²) in [6.45, 7) is 5.06. The number of hydrogen-bond donors (Lipinski definition) is 1. The molecular weight excluding hydrogens is 280 g/mol. The molecule has 0 spiro atoms. The standard InChI is InChI=1S/C14H19ClN2O3/c1-9-7-17(8-10(2)20-9)14(18)16-13-5-4-11(19-3)6-12(13)15/h4-6,9-10H,7-8H2,1-3H3,(H,16,18)/t9-,10-/m0/s1. The average molecular weight is 299 g/mol. The summed E-state index contributed by atoms with van der Waals surface area (Å²) >= 11 is 6.11. The Morgan fingerprint density at radius 1 is 1.40 bits per heavy atom. The molecule has 20 heavy (non-hydrogen) atoms. The minimum Gasteiger partial charge on any atom is -0.497 e. The molecule has 1 heterocycles. The monoisotopic (exact) mass is 298 g/mol. The van der Waals surface area contributed by atoms with Crippen LogP contribution in [-0.2, 0) is 4.74 Å². The first kappa shape index (κ1) is 14.9. The van der Waals surface area contributed by atoms with Gasteiger partial charge in [0.25, 0.3) is 0 Å². The second-order valence-corrected chi connectivity index (χ2v) is 5.35. The molecule has 1 fully saturated rings. The lowest BCUT2D eigenvalue weighted by molar-refractivity contribution is -0.0530. The van der Waals surface area contributed by atoms with Gasteiger partial charge in [-0.3, -0.25) is 0 Å². The van der Waals surface area contributed by atoms with Crippen molar-refractivity contribution in [2.75, 3.05) is 25.5 Å². The Balaban J connectivity index is 2.04. The zero-order chi connectivity index (χ0) is 14.7. The summed E-state index contributed by atoms with van der Waals surface area (Å²) in [5, 5.41) is 3.27. The average Bonchev–Trinajstić information content (AvgIpc) is 2.39. The fraction of sp³-hybridized carbons (Fsp3) is 0.500. The maximum atomic E-state index is 12.2. The predicted molar refractivity (Wildman–Crippen MR) is 78.6 cm³/mol. The van der Waals surface area contributed by atoms with Crippen LogP contribution in [0.5, 0.6) is 5.75 Å². The number of amides is 2. The summed E-state index contributed by atoms with van der Waals surface area (Å²) in [5.74, 6) is 0.654. The van der Waals surface area contributed by atoms with Gasteiger partial charge in [0, 0.05) is 19.2 Å². The summed E-state index contributed by atoms with van der Waals surface area (Å²) in [7, 11) is 1.57. The van der Waals surface area contributed by atoms with Gasteiger partial charge in [-0.25, -0.2) is 4.79 Å². The zero-order valence-corrected chi connectivity index (χ0v) is 12.6. The smallest absolute Gasteiger partial charge is 0.322 e. The van der Waals surface area contributed by atoms with E-state index < -0.39 is 0 Å². The lowest BCUT2D eigenvalue weighted by Gasteiger charge is -2.35. The predicted octanol–water partition coefficient (Wildman–Crippen LogP) is 2.99. The van der Waals surface area contributed by atoms with Crippen molar-refractivity contribution in [2.45, 2.75) is 26.1 Å². The van der Waals surface area contributed by atoms with E-state index >= 15 is 0 Å². The number of rotatable bonds is 2. The summed E-state index contributed by atoms with van der Waals surface area (Å²) in [5.41, 5.74) is 0.573. The molecule has 1 aliphatic heterocycles. The molecule has 0 aromatic heterocycles. The third-order valence-corrected chi connectivity index (χ3v) is 3.44. The Labute approximate surface area is 123 Å². The number of morpholine rings is 1. The maximum absolute atomic E-state index is 12.2. The second-order valence-electron chi connectivity index (χ2n) is 4.94. The lowest BCUT2D eigenvalue weighted by Crippen LogP contribution is -2.49. The molecule has 5 nitrogen and oxygen atoms in total. The van der Waals surface area contributed by atoms with Crippen molar-refractivity contribution in [1.29, 1.82) is 0 Å². The molecule has 0 aliphatic carbocycles. The van der Waals surface area contributed by atoms with E-state index in [9.17, 15) is 4.79 Å². The first-order chi connectivity index (χ1) is 9.49. The molecule has 1 aromatic rings. The molecule has 6 heteroatoms. The molecule has 2 atom stereocenters. The number of methoxy groups -OCH3 is 1. The molecule has 110 valence electrons.